The molecule has 1 aromatic heterocycles. The molecular weight excluding hydrogens is 316 g/mol. The van der Waals surface area contributed by atoms with E-state index >= 15 is 0 Å². The summed E-state index contributed by atoms with van der Waals surface area (Å²) in [5.41, 5.74) is 3.22. The van der Waals surface area contributed by atoms with Crippen LogP contribution in [0.1, 0.15) is 40.3 Å². The van der Waals surface area contributed by atoms with E-state index in [9.17, 15) is 9.90 Å². The lowest BCUT2D eigenvalue weighted by Gasteiger charge is -2.09. The number of furan rings is 1. The third kappa shape index (κ3) is 3.80. The molecule has 0 spiro atoms. The van der Waals surface area contributed by atoms with Crippen LogP contribution < -0.4 is 0 Å². The van der Waals surface area contributed by atoms with Crippen LogP contribution in [0.25, 0.3) is 11.3 Å². The van der Waals surface area contributed by atoms with E-state index in [1.165, 1.54) is 0 Å². The van der Waals surface area contributed by atoms with Gasteiger partial charge in [-0.1, -0.05) is 35.9 Å². The molecule has 0 aliphatic rings. The molecule has 4 nitrogen and oxygen atoms in total. The van der Waals surface area contributed by atoms with Crippen LogP contribution in [-0.4, -0.2) is 17.7 Å². The van der Waals surface area contributed by atoms with Crippen molar-refractivity contribution in [3.05, 3.63) is 83.1 Å². The molecule has 3 aromatic rings. The monoisotopic (exact) mass is 336 g/mol. The van der Waals surface area contributed by atoms with Gasteiger partial charge in [-0.15, -0.1) is 0 Å². The Morgan fingerprint density at radius 2 is 1.88 bits per heavy atom. The number of carbonyl (C=O) groups excluding carboxylic acids is 1. The average Bonchev–Trinajstić information content (AvgIpc) is 3.11. The van der Waals surface area contributed by atoms with Gasteiger partial charge in [-0.2, -0.15) is 0 Å². The van der Waals surface area contributed by atoms with Crippen molar-refractivity contribution < 1.29 is 19.1 Å². The zero-order valence-corrected chi connectivity index (χ0v) is 14.2. The molecule has 1 atom stereocenters. The normalized spacial score (nSPS) is 12.0. The van der Waals surface area contributed by atoms with E-state index in [-0.39, 0.29) is 5.97 Å². The van der Waals surface area contributed by atoms with Gasteiger partial charge in [0.15, 0.2) is 0 Å². The van der Waals surface area contributed by atoms with Crippen LogP contribution in [0.3, 0.4) is 0 Å². The lowest BCUT2D eigenvalue weighted by Crippen LogP contribution is -2.05. The molecule has 1 N–H and O–H groups in total. The van der Waals surface area contributed by atoms with Gasteiger partial charge in [0.2, 0.25) is 0 Å². The fourth-order valence-electron chi connectivity index (χ4n) is 2.63. The summed E-state index contributed by atoms with van der Waals surface area (Å²) >= 11 is 0. The van der Waals surface area contributed by atoms with Crippen molar-refractivity contribution in [2.75, 3.05) is 6.61 Å². The SMILES string of the molecule is CCOC(=O)c1ccc(C(O)c2ccc(-c3cccc(C)c3)o2)cc1. The fraction of sp³-hybridized carbons (Fsp3) is 0.190. The van der Waals surface area contributed by atoms with Gasteiger partial charge in [-0.25, -0.2) is 4.79 Å². The number of esters is 1. The number of carbonyl (C=O) groups is 1. The summed E-state index contributed by atoms with van der Waals surface area (Å²) in [5.74, 6) is 0.796. The minimum atomic E-state index is -0.894. The summed E-state index contributed by atoms with van der Waals surface area (Å²) in [4.78, 5) is 11.7. The molecule has 0 bridgehead atoms. The molecule has 25 heavy (non-hydrogen) atoms. The second-order valence-corrected chi connectivity index (χ2v) is 5.82. The Labute approximate surface area is 146 Å². The van der Waals surface area contributed by atoms with E-state index in [0.29, 0.717) is 29.3 Å². The quantitative estimate of drug-likeness (QED) is 0.696. The van der Waals surface area contributed by atoms with Gasteiger partial charge < -0.3 is 14.3 Å². The van der Waals surface area contributed by atoms with Crippen LogP contribution in [-0.2, 0) is 4.74 Å². The van der Waals surface area contributed by atoms with Crippen molar-refractivity contribution >= 4 is 5.97 Å². The van der Waals surface area contributed by atoms with Gasteiger partial charge in [0, 0.05) is 5.56 Å². The standard InChI is InChI=1S/C21H20O4/c1-3-24-21(23)16-9-7-15(8-10-16)20(22)19-12-11-18(25-19)17-6-4-5-14(2)13-17/h4-13,20,22H,3H2,1-2H3. The number of aliphatic hydroxyl groups is 1. The summed E-state index contributed by atoms with van der Waals surface area (Å²) in [7, 11) is 0. The van der Waals surface area contributed by atoms with Gasteiger partial charge >= 0.3 is 5.97 Å². The largest absolute Gasteiger partial charge is 0.462 e. The third-order valence-corrected chi connectivity index (χ3v) is 3.94. The van der Waals surface area contributed by atoms with E-state index in [0.717, 1.165) is 11.1 Å². The summed E-state index contributed by atoms with van der Waals surface area (Å²) in [5, 5.41) is 10.5. The van der Waals surface area contributed by atoms with E-state index < -0.39 is 6.10 Å². The smallest absolute Gasteiger partial charge is 0.338 e. The fourth-order valence-corrected chi connectivity index (χ4v) is 2.63. The molecule has 0 saturated heterocycles. The lowest BCUT2D eigenvalue weighted by molar-refractivity contribution is 0.0526. The van der Waals surface area contributed by atoms with Gasteiger partial charge in [0.25, 0.3) is 0 Å². The highest BCUT2D eigenvalue weighted by atomic mass is 16.5. The second-order valence-electron chi connectivity index (χ2n) is 5.82. The highest BCUT2D eigenvalue weighted by Gasteiger charge is 2.16. The molecule has 0 aliphatic carbocycles. The van der Waals surface area contributed by atoms with Crippen molar-refractivity contribution in [3.63, 3.8) is 0 Å². The lowest BCUT2D eigenvalue weighted by atomic mass is 10.1. The van der Waals surface area contributed by atoms with E-state index in [1.807, 2.05) is 37.3 Å². The van der Waals surface area contributed by atoms with Crippen LogP contribution in [0, 0.1) is 6.92 Å². The number of hydrogen-bond acceptors (Lipinski definition) is 4. The van der Waals surface area contributed by atoms with Crippen LogP contribution in [0.2, 0.25) is 0 Å². The van der Waals surface area contributed by atoms with Crippen molar-refractivity contribution in [1.82, 2.24) is 0 Å². The first-order valence-corrected chi connectivity index (χ1v) is 8.20. The predicted molar refractivity (Wildman–Crippen MR) is 95.3 cm³/mol. The highest BCUT2D eigenvalue weighted by molar-refractivity contribution is 5.89. The minimum Gasteiger partial charge on any atom is -0.462 e. The first kappa shape index (κ1) is 17.0. The van der Waals surface area contributed by atoms with Gasteiger partial charge in [-0.3, -0.25) is 0 Å². The maximum absolute atomic E-state index is 11.7. The zero-order valence-electron chi connectivity index (χ0n) is 14.2. The maximum Gasteiger partial charge on any atom is 0.338 e. The Kier molecular flexibility index (Phi) is 5.00. The number of ether oxygens (including phenoxy) is 1. The summed E-state index contributed by atoms with van der Waals surface area (Å²) in [6, 6.07) is 18.3. The number of benzene rings is 2. The molecule has 3 rings (SSSR count). The van der Waals surface area contributed by atoms with Gasteiger partial charge in [0.05, 0.1) is 12.2 Å². The number of rotatable bonds is 5. The Morgan fingerprint density at radius 1 is 1.12 bits per heavy atom. The molecule has 0 amide bonds. The Hall–Kier alpha value is -2.85. The van der Waals surface area contributed by atoms with Gasteiger partial charge in [0.1, 0.15) is 17.6 Å². The topological polar surface area (TPSA) is 59.7 Å². The first-order valence-electron chi connectivity index (χ1n) is 8.20. The van der Waals surface area contributed by atoms with E-state index in [1.54, 1.807) is 37.3 Å². The Balaban J connectivity index is 1.79. The molecule has 0 radical (unpaired) electrons. The molecule has 128 valence electrons. The molecule has 2 aromatic carbocycles. The first-order chi connectivity index (χ1) is 12.1. The van der Waals surface area contributed by atoms with Crippen molar-refractivity contribution in [1.29, 1.82) is 0 Å². The summed E-state index contributed by atoms with van der Waals surface area (Å²) in [6.07, 6.45) is -0.894. The molecule has 0 aliphatic heterocycles. The van der Waals surface area contributed by atoms with Crippen LogP contribution in [0.4, 0.5) is 0 Å². The van der Waals surface area contributed by atoms with Crippen LogP contribution in [0.5, 0.6) is 0 Å². The van der Waals surface area contributed by atoms with Crippen LogP contribution in [0.15, 0.2) is 65.1 Å². The predicted octanol–water partition coefficient (Wildman–Crippen LogP) is 4.51. The van der Waals surface area contributed by atoms with Gasteiger partial charge in [-0.05, 0) is 49.7 Å². The van der Waals surface area contributed by atoms with Crippen molar-refractivity contribution in [2.45, 2.75) is 20.0 Å². The Morgan fingerprint density at radius 3 is 2.56 bits per heavy atom. The number of hydrogen-bond donors (Lipinski definition) is 1. The van der Waals surface area contributed by atoms with E-state index in [2.05, 4.69) is 0 Å². The third-order valence-electron chi connectivity index (χ3n) is 3.94. The molecule has 1 unspecified atom stereocenters. The van der Waals surface area contributed by atoms with Crippen molar-refractivity contribution in [3.8, 4) is 11.3 Å². The van der Waals surface area contributed by atoms with Crippen molar-refractivity contribution in [2.24, 2.45) is 0 Å². The summed E-state index contributed by atoms with van der Waals surface area (Å²) in [6.45, 7) is 4.11. The molecule has 0 saturated carbocycles. The average molecular weight is 336 g/mol. The van der Waals surface area contributed by atoms with E-state index in [4.69, 9.17) is 9.15 Å². The molecular formula is C21H20O4. The molecule has 4 heteroatoms. The highest BCUT2D eigenvalue weighted by Crippen LogP contribution is 2.29. The molecule has 1 heterocycles. The summed E-state index contributed by atoms with van der Waals surface area (Å²) < 4.78 is 10.8. The minimum absolute atomic E-state index is 0.331. The maximum atomic E-state index is 11.7. The Bertz CT molecular complexity index is 862. The number of aryl methyl sites for hydroxylation is 1. The second kappa shape index (κ2) is 7.36. The molecule has 0 fully saturated rings. The van der Waals surface area contributed by atoms with Crippen LogP contribution >= 0.6 is 0 Å². The number of aliphatic hydroxyl groups excluding tert-OH is 1. The zero-order chi connectivity index (χ0) is 17.8.